The van der Waals surface area contributed by atoms with Gasteiger partial charge in [0.25, 0.3) is 0 Å². The predicted molar refractivity (Wildman–Crippen MR) is 79.0 cm³/mol. The number of nitrogens with one attached hydrogen (secondary N) is 2. The Kier molecular flexibility index (Phi) is 6.03. The van der Waals surface area contributed by atoms with Crippen molar-refractivity contribution in [3.63, 3.8) is 0 Å². The second-order valence-electron chi connectivity index (χ2n) is 5.05. The molecular weight excluding hydrogens is 291 g/mol. The number of carbonyl (C=O) groups is 3. The molecule has 1 atom stereocenters. The van der Waals surface area contributed by atoms with Crippen LogP contribution in [0.15, 0.2) is 12.1 Å². The molecule has 0 radical (unpaired) electrons. The lowest BCUT2D eigenvalue weighted by Gasteiger charge is -2.15. The summed E-state index contributed by atoms with van der Waals surface area (Å²) in [7, 11) is 0. The Balaban J connectivity index is 2.91. The number of hydrogen-bond acceptors (Lipinski definition) is 3. The Morgan fingerprint density at radius 3 is 2.36 bits per heavy atom. The Bertz CT molecular complexity index is 601. The number of anilines is 1. The zero-order valence-electron chi connectivity index (χ0n) is 12.7. The average Bonchev–Trinajstić information content (AvgIpc) is 2.38. The lowest BCUT2D eigenvalue weighted by molar-refractivity contribution is -0.141. The van der Waals surface area contributed by atoms with Gasteiger partial charge in [-0.05, 0) is 43.0 Å². The lowest BCUT2D eigenvalue weighted by Crippen LogP contribution is -2.39. The van der Waals surface area contributed by atoms with Gasteiger partial charge in [-0.1, -0.05) is 0 Å². The number of amides is 2. The highest BCUT2D eigenvalue weighted by molar-refractivity contribution is 5.88. The summed E-state index contributed by atoms with van der Waals surface area (Å²) in [6.45, 7) is 4.13. The highest BCUT2D eigenvalue weighted by Gasteiger charge is 2.19. The molecule has 0 unspecified atom stereocenters. The van der Waals surface area contributed by atoms with Gasteiger partial charge in [0.15, 0.2) is 0 Å². The number of aryl methyl sites for hydroxylation is 1. The maximum absolute atomic E-state index is 13.8. The van der Waals surface area contributed by atoms with Crippen molar-refractivity contribution in [2.45, 2.75) is 39.7 Å². The monoisotopic (exact) mass is 310 g/mol. The molecule has 0 saturated carbocycles. The molecule has 0 aromatic heterocycles. The number of halogens is 1. The quantitative estimate of drug-likeness (QED) is 0.744. The van der Waals surface area contributed by atoms with Gasteiger partial charge in [-0.25, -0.2) is 9.18 Å². The summed E-state index contributed by atoms with van der Waals surface area (Å²) in [6.07, 6.45) is 0.381. The topological polar surface area (TPSA) is 95.5 Å². The summed E-state index contributed by atoms with van der Waals surface area (Å²) >= 11 is 0. The van der Waals surface area contributed by atoms with E-state index in [1.54, 1.807) is 13.0 Å². The van der Waals surface area contributed by atoms with Crippen LogP contribution in [0.5, 0.6) is 0 Å². The van der Waals surface area contributed by atoms with Crippen LogP contribution in [-0.4, -0.2) is 28.9 Å². The van der Waals surface area contributed by atoms with E-state index in [0.717, 1.165) is 0 Å². The largest absolute Gasteiger partial charge is 0.480 e. The molecule has 22 heavy (non-hydrogen) atoms. The van der Waals surface area contributed by atoms with Gasteiger partial charge in [0, 0.05) is 19.5 Å². The minimum atomic E-state index is -1.15. The molecule has 3 N–H and O–H groups in total. The van der Waals surface area contributed by atoms with Gasteiger partial charge in [0.1, 0.15) is 11.9 Å². The summed E-state index contributed by atoms with van der Waals surface area (Å²) in [4.78, 5) is 33.1. The van der Waals surface area contributed by atoms with E-state index in [0.29, 0.717) is 16.8 Å². The van der Waals surface area contributed by atoms with Crippen LogP contribution < -0.4 is 10.6 Å². The number of hydrogen-bond donors (Lipinski definition) is 3. The molecule has 7 heteroatoms. The van der Waals surface area contributed by atoms with Crippen molar-refractivity contribution >= 4 is 23.5 Å². The van der Waals surface area contributed by atoms with Crippen LogP contribution in [0.4, 0.5) is 10.1 Å². The van der Waals surface area contributed by atoms with Crippen LogP contribution in [0, 0.1) is 12.7 Å². The normalized spacial score (nSPS) is 11.6. The van der Waals surface area contributed by atoms with Crippen molar-refractivity contribution in [2.75, 3.05) is 5.32 Å². The first-order chi connectivity index (χ1) is 10.2. The fourth-order valence-electron chi connectivity index (χ4n) is 2.07. The molecule has 2 amide bonds. The number of benzene rings is 1. The molecule has 120 valence electrons. The van der Waals surface area contributed by atoms with Gasteiger partial charge in [-0.3, -0.25) is 9.59 Å². The molecule has 0 bridgehead atoms. The third kappa shape index (κ3) is 5.16. The van der Waals surface area contributed by atoms with Crippen molar-refractivity contribution in [2.24, 2.45) is 0 Å². The Morgan fingerprint density at radius 1 is 1.23 bits per heavy atom. The van der Waals surface area contributed by atoms with Crippen LogP contribution in [0.25, 0.3) is 0 Å². The molecule has 1 aromatic rings. The van der Waals surface area contributed by atoms with E-state index >= 15 is 0 Å². The fraction of sp³-hybridized carbons (Fsp3) is 0.400. The molecule has 0 fully saturated rings. The van der Waals surface area contributed by atoms with Crippen LogP contribution in [0.3, 0.4) is 0 Å². The van der Waals surface area contributed by atoms with E-state index in [1.165, 1.54) is 19.9 Å². The first-order valence-corrected chi connectivity index (χ1v) is 6.77. The third-order valence-corrected chi connectivity index (χ3v) is 3.15. The van der Waals surface area contributed by atoms with E-state index in [4.69, 9.17) is 5.11 Å². The van der Waals surface area contributed by atoms with Crippen molar-refractivity contribution in [1.29, 1.82) is 0 Å². The molecule has 0 aliphatic heterocycles. The van der Waals surface area contributed by atoms with E-state index in [9.17, 15) is 18.8 Å². The average molecular weight is 310 g/mol. The van der Waals surface area contributed by atoms with Crippen molar-refractivity contribution < 1.29 is 23.9 Å². The second-order valence-corrected chi connectivity index (χ2v) is 5.05. The second kappa shape index (κ2) is 7.53. The zero-order chi connectivity index (χ0) is 16.9. The molecule has 0 spiro atoms. The van der Waals surface area contributed by atoms with Gasteiger partial charge in [0.05, 0.1) is 0 Å². The summed E-state index contributed by atoms with van der Waals surface area (Å²) < 4.78 is 13.8. The Hall–Kier alpha value is -2.44. The van der Waals surface area contributed by atoms with Crippen molar-refractivity contribution in [3.8, 4) is 0 Å². The zero-order valence-corrected chi connectivity index (χ0v) is 12.7. The first-order valence-electron chi connectivity index (χ1n) is 6.77. The summed E-state index contributed by atoms with van der Waals surface area (Å²) in [5, 5.41) is 13.9. The van der Waals surface area contributed by atoms with Crippen molar-refractivity contribution in [1.82, 2.24) is 5.32 Å². The van der Waals surface area contributed by atoms with Gasteiger partial charge >= 0.3 is 5.97 Å². The Morgan fingerprint density at radius 2 is 1.86 bits per heavy atom. The van der Waals surface area contributed by atoms with Gasteiger partial charge in [-0.2, -0.15) is 0 Å². The lowest BCUT2D eigenvalue weighted by atomic mass is 9.99. The molecule has 0 aliphatic rings. The SMILES string of the molecule is CC(=O)Nc1cc(F)c(C)c(CC[C@H](NC(C)=O)C(=O)O)c1. The van der Waals surface area contributed by atoms with Gasteiger partial charge < -0.3 is 15.7 Å². The summed E-state index contributed by atoms with van der Waals surface area (Å²) in [5.74, 6) is -2.39. The predicted octanol–water partition coefficient (Wildman–Crippen LogP) is 1.61. The molecule has 6 nitrogen and oxygen atoms in total. The van der Waals surface area contributed by atoms with Gasteiger partial charge in [0.2, 0.25) is 11.8 Å². The number of aliphatic carboxylic acids is 1. The smallest absolute Gasteiger partial charge is 0.326 e. The number of carboxylic acid groups (broad SMARTS) is 1. The molecule has 1 aromatic carbocycles. The van der Waals surface area contributed by atoms with Gasteiger partial charge in [-0.15, -0.1) is 0 Å². The highest BCUT2D eigenvalue weighted by atomic mass is 19.1. The number of carbonyl (C=O) groups excluding carboxylic acids is 2. The summed E-state index contributed by atoms with van der Waals surface area (Å²) in [5.41, 5.74) is 1.29. The molecular formula is C15H19FN2O4. The number of rotatable bonds is 6. The van der Waals surface area contributed by atoms with Crippen LogP contribution >= 0.6 is 0 Å². The van der Waals surface area contributed by atoms with Crippen LogP contribution in [0.2, 0.25) is 0 Å². The Labute approximate surface area is 127 Å². The molecule has 1 rings (SSSR count). The van der Waals surface area contributed by atoms with Crippen LogP contribution in [-0.2, 0) is 20.8 Å². The molecule has 0 saturated heterocycles. The minimum absolute atomic E-state index is 0.124. The molecule has 0 aliphatic carbocycles. The maximum Gasteiger partial charge on any atom is 0.326 e. The fourth-order valence-corrected chi connectivity index (χ4v) is 2.07. The van der Waals surface area contributed by atoms with Crippen molar-refractivity contribution in [3.05, 3.63) is 29.1 Å². The van der Waals surface area contributed by atoms with Crippen LogP contribution in [0.1, 0.15) is 31.4 Å². The summed E-state index contributed by atoms with van der Waals surface area (Å²) in [6, 6.07) is 1.78. The molecule has 0 heterocycles. The first kappa shape index (κ1) is 17.6. The highest BCUT2D eigenvalue weighted by Crippen LogP contribution is 2.21. The minimum Gasteiger partial charge on any atom is -0.480 e. The van der Waals surface area contributed by atoms with E-state index in [-0.39, 0.29) is 18.7 Å². The number of carboxylic acids is 1. The standard InChI is InChI=1S/C15H19FN2O4/c1-8-11(4-5-14(15(21)22)18-10(3)20)6-12(7-13(8)16)17-9(2)19/h6-7,14H,4-5H2,1-3H3,(H,17,19)(H,18,20)(H,21,22)/t14-/m0/s1. The third-order valence-electron chi connectivity index (χ3n) is 3.15. The van der Waals surface area contributed by atoms with E-state index in [2.05, 4.69) is 10.6 Å². The van der Waals surface area contributed by atoms with E-state index in [1.807, 2.05) is 0 Å². The van der Waals surface area contributed by atoms with E-state index < -0.39 is 23.7 Å². The maximum atomic E-state index is 13.8.